The Labute approximate surface area is 173 Å². The lowest BCUT2D eigenvalue weighted by atomic mass is 9.91. The molecule has 2 saturated heterocycles. The lowest BCUT2D eigenvalue weighted by Crippen LogP contribution is -2.45. The fraction of sp³-hybridized carbons (Fsp3) is 0.727. The van der Waals surface area contributed by atoms with Crippen LogP contribution in [0.25, 0.3) is 0 Å². The van der Waals surface area contributed by atoms with Crippen LogP contribution < -0.4 is 0 Å². The Hall–Kier alpha value is -1.70. The molecule has 3 heterocycles. The second-order valence-electron chi connectivity index (χ2n) is 8.38. The maximum absolute atomic E-state index is 13.1. The molecular weight excluding hydrogens is 370 g/mol. The van der Waals surface area contributed by atoms with Crippen LogP contribution in [0.1, 0.15) is 58.3 Å². The quantitative estimate of drug-likeness (QED) is 0.555. The van der Waals surface area contributed by atoms with Gasteiger partial charge in [-0.1, -0.05) is 0 Å². The first-order chi connectivity index (χ1) is 13.9. The third-order valence-corrected chi connectivity index (χ3v) is 6.61. The van der Waals surface area contributed by atoms with E-state index in [9.17, 15) is 9.59 Å². The molecule has 2 aliphatic heterocycles. The minimum Gasteiger partial charge on any atom is -0.465 e. The molecule has 162 valence electrons. The van der Waals surface area contributed by atoms with E-state index < -0.39 is 5.97 Å². The van der Waals surface area contributed by atoms with E-state index in [1.54, 1.807) is 6.92 Å². The average Bonchev–Trinajstić information content (AvgIpc) is 3.05. The van der Waals surface area contributed by atoms with Gasteiger partial charge in [0.2, 0.25) is 0 Å². The molecule has 7 heteroatoms. The molecule has 1 N–H and O–H groups in total. The number of Topliss-reactive ketones (excluding diaryl/α,β-unsaturated/α-hetero) is 1. The molecule has 29 heavy (non-hydrogen) atoms. The first kappa shape index (κ1) is 22.0. The Morgan fingerprint density at radius 1 is 1.17 bits per heavy atom. The van der Waals surface area contributed by atoms with Crippen molar-refractivity contribution in [3.63, 3.8) is 0 Å². The number of carbonyl (C=O) groups excluding carboxylic acids is 2. The molecule has 0 aromatic carbocycles. The number of likely N-dealkylation sites (tertiary alicyclic amines) is 1. The van der Waals surface area contributed by atoms with Crippen molar-refractivity contribution in [3.8, 4) is 0 Å². The Kier molecular flexibility index (Phi) is 7.49. The molecule has 0 aliphatic carbocycles. The summed E-state index contributed by atoms with van der Waals surface area (Å²) in [5.74, 6) is 0.383. The number of rotatable bonds is 7. The van der Waals surface area contributed by atoms with Crippen molar-refractivity contribution in [2.75, 3.05) is 53.0 Å². The zero-order valence-corrected chi connectivity index (χ0v) is 18.3. The zero-order valence-electron chi connectivity index (χ0n) is 18.3. The van der Waals surface area contributed by atoms with Crippen LogP contribution in [0.2, 0.25) is 0 Å². The SMILES string of the molecule is COC(=O)c1c(C)[nH]c(C(=O)C(C)N2CCC(CCN3CCOCC3)CC2)c1C. The number of ether oxygens (including phenoxy) is 2. The molecule has 0 radical (unpaired) electrons. The molecule has 0 bridgehead atoms. The van der Waals surface area contributed by atoms with Gasteiger partial charge in [0.15, 0.2) is 5.78 Å². The molecular formula is C22H35N3O4. The molecule has 2 fully saturated rings. The maximum Gasteiger partial charge on any atom is 0.339 e. The topological polar surface area (TPSA) is 74.9 Å². The van der Waals surface area contributed by atoms with E-state index in [0.717, 1.165) is 64.7 Å². The van der Waals surface area contributed by atoms with Gasteiger partial charge in [-0.05, 0) is 71.1 Å². The minimum absolute atomic E-state index is 0.0486. The normalized spacial score (nSPS) is 20.6. The molecule has 7 nitrogen and oxygen atoms in total. The van der Waals surface area contributed by atoms with Crippen LogP contribution >= 0.6 is 0 Å². The number of H-pyrrole nitrogens is 1. The van der Waals surface area contributed by atoms with E-state index in [0.29, 0.717) is 22.5 Å². The molecule has 0 amide bonds. The van der Waals surface area contributed by atoms with Gasteiger partial charge in [0.05, 0.1) is 37.6 Å². The van der Waals surface area contributed by atoms with E-state index in [-0.39, 0.29) is 11.8 Å². The number of morpholine rings is 1. The van der Waals surface area contributed by atoms with Crippen LogP contribution in [0.4, 0.5) is 0 Å². The molecule has 0 saturated carbocycles. The van der Waals surface area contributed by atoms with Crippen LogP contribution in [-0.4, -0.2) is 85.6 Å². The number of carbonyl (C=O) groups is 2. The molecule has 1 aromatic heterocycles. The van der Waals surface area contributed by atoms with Crippen molar-refractivity contribution in [1.29, 1.82) is 0 Å². The molecule has 1 unspecified atom stereocenters. The lowest BCUT2D eigenvalue weighted by molar-refractivity contribution is 0.0328. The smallest absolute Gasteiger partial charge is 0.339 e. The molecule has 3 rings (SSSR count). The van der Waals surface area contributed by atoms with Crippen LogP contribution in [-0.2, 0) is 9.47 Å². The number of methoxy groups -OCH3 is 1. The molecule has 1 atom stereocenters. The van der Waals surface area contributed by atoms with E-state index >= 15 is 0 Å². The van der Waals surface area contributed by atoms with Crippen molar-refractivity contribution in [2.45, 2.75) is 46.1 Å². The van der Waals surface area contributed by atoms with Gasteiger partial charge in [0, 0.05) is 18.8 Å². The first-order valence-corrected chi connectivity index (χ1v) is 10.8. The fourth-order valence-electron chi connectivity index (χ4n) is 4.60. The Morgan fingerprint density at radius 3 is 2.45 bits per heavy atom. The Morgan fingerprint density at radius 2 is 1.83 bits per heavy atom. The largest absolute Gasteiger partial charge is 0.465 e. The summed E-state index contributed by atoms with van der Waals surface area (Å²) in [4.78, 5) is 33.0. The summed E-state index contributed by atoms with van der Waals surface area (Å²) in [6, 6.07) is -0.197. The average molecular weight is 406 g/mol. The number of hydrogen-bond acceptors (Lipinski definition) is 6. The van der Waals surface area contributed by atoms with E-state index in [4.69, 9.17) is 9.47 Å². The summed E-state index contributed by atoms with van der Waals surface area (Å²) in [6.45, 7) is 12.4. The van der Waals surface area contributed by atoms with Gasteiger partial charge in [-0.3, -0.25) is 14.6 Å². The monoisotopic (exact) mass is 405 g/mol. The van der Waals surface area contributed by atoms with Crippen molar-refractivity contribution >= 4 is 11.8 Å². The summed E-state index contributed by atoms with van der Waals surface area (Å²) >= 11 is 0. The van der Waals surface area contributed by atoms with E-state index in [1.165, 1.54) is 13.5 Å². The predicted octanol–water partition coefficient (Wildman–Crippen LogP) is 2.42. The van der Waals surface area contributed by atoms with Gasteiger partial charge >= 0.3 is 5.97 Å². The lowest BCUT2D eigenvalue weighted by Gasteiger charge is -2.36. The minimum atomic E-state index is -0.399. The zero-order chi connectivity index (χ0) is 21.0. The van der Waals surface area contributed by atoms with Crippen molar-refractivity contribution in [1.82, 2.24) is 14.8 Å². The third kappa shape index (κ3) is 5.08. The van der Waals surface area contributed by atoms with Gasteiger partial charge in [0.1, 0.15) is 0 Å². The number of hydrogen-bond donors (Lipinski definition) is 1. The highest BCUT2D eigenvalue weighted by molar-refractivity contribution is 6.03. The number of nitrogens with zero attached hydrogens (tertiary/aromatic N) is 2. The van der Waals surface area contributed by atoms with Gasteiger partial charge in [0.25, 0.3) is 0 Å². The van der Waals surface area contributed by atoms with E-state index in [1.807, 2.05) is 13.8 Å². The van der Waals surface area contributed by atoms with Crippen LogP contribution in [0.15, 0.2) is 0 Å². The number of aryl methyl sites for hydroxylation is 1. The third-order valence-electron chi connectivity index (χ3n) is 6.61. The van der Waals surface area contributed by atoms with Gasteiger partial charge in [-0.15, -0.1) is 0 Å². The highest BCUT2D eigenvalue weighted by Crippen LogP contribution is 2.25. The number of aromatic amines is 1. The fourth-order valence-corrected chi connectivity index (χ4v) is 4.60. The van der Waals surface area contributed by atoms with Crippen LogP contribution in [0.3, 0.4) is 0 Å². The van der Waals surface area contributed by atoms with Crippen molar-refractivity contribution in [3.05, 3.63) is 22.5 Å². The van der Waals surface area contributed by atoms with Crippen molar-refractivity contribution in [2.24, 2.45) is 5.92 Å². The first-order valence-electron chi connectivity index (χ1n) is 10.8. The maximum atomic E-state index is 13.1. The number of esters is 1. The van der Waals surface area contributed by atoms with Crippen molar-refractivity contribution < 1.29 is 19.1 Å². The Balaban J connectivity index is 1.53. The summed E-state index contributed by atoms with van der Waals surface area (Å²) in [6.07, 6.45) is 3.50. The number of aromatic nitrogens is 1. The van der Waals surface area contributed by atoms with Gasteiger partial charge < -0.3 is 14.5 Å². The second-order valence-corrected chi connectivity index (χ2v) is 8.38. The van der Waals surface area contributed by atoms with Gasteiger partial charge in [-0.25, -0.2) is 4.79 Å². The number of nitrogens with one attached hydrogen (secondary N) is 1. The highest BCUT2D eigenvalue weighted by Gasteiger charge is 2.30. The molecule has 0 spiro atoms. The second kappa shape index (κ2) is 9.87. The van der Waals surface area contributed by atoms with E-state index in [2.05, 4.69) is 14.8 Å². The highest BCUT2D eigenvalue weighted by atomic mass is 16.5. The Bertz CT molecular complexity index is 716. The molecule has 1 aromatic rings. The standard InChI is InChI=1S/C22H35N3O4/c1-15-19(22(27)28-4)16(2)23-20(15)21(26)17(3)25-9-6-18(7-10-25)5-8-24-11-13-29-14-12-24/h17-18,23H,5-14H2,1-4H3. The summed E-state index contributed by atoms with van der Waals surface area (Å²) in [5.41, 5.74) is 2.38. The van der Waals surface area contributed by atoms with Gasteiger partial charge in [-0.2, -0.15) is 0 Å². The summed E-state index contributed by atoms with van der Waals surface area (Å²) in [5, 5.41) is 0. The van der Waals surface area contributed by atoms with Crippen LogP contribution in [0.5, 0.6) is 0 Å². The van der Waals surface area contributed by atoms with Crippen LogP contribution in [0, 0.1) is 19.8 Å². The summed E-state index contributed by atoms with van der Waals surface area (Å²) < 4.78 is 10.3. The molecule has 2 aliphatic rings. The predicted molar refractivity (Wildman–Crippen MR) is 112 cm³/mol. The number of ketones is 1. The number of piperidine rings is 1. The summed E-state index contributed by atoms with van der Waals surface area (Å²) in [7, 11) is 1.36.